The van der Waals surface area contributed by atoms with Crippen molar-refractivity contribution < 1.29 is 13.6 Å². The fourth-order valence-electron chi connectivity index (χ4n) is 2.83. The smallest absolute Gasteiger partial charge is 0.293 e. The van der Waals surface area contributed by atoms with Gasteiger partial charge in [0.05, 0.1) is 11.4 Å². The van der Waals surface area contributed by atoms with Crippen molar-refractivity contribution in [2.75, 3.05) is 5.32 Å². The zero-order chi connectivity index (χ0) is 20.5. The molecule has 0 unspecified atom stereocenters. The molecule has 2 heterocycles. The Kier molecular flexibility index (Phi) is 4.63. The summed E-state index contributed by atoms with van der Waals surface area (Å²) in [5.41, 5.74) is 2.08. The quantitative estimate of drug-likeness (QED) is 0.576. The normalized spacial score (nSPS) is 11.0. The van der Waals surface area contributed by atoms with E-state index in [0.29, 0.717) is 11.8 Å². The van der Waals surface area contributed by atoms with Crippen LogP contribution in [0, 0.1) is 18.6 Å². The molecule has 4 rings (SSSR count). The fourth-order valence-corrected chi connectivity index (χ4v) is 2.83. The second kappa shape index (κ2) is 7.27. The minimum Gasteiger partial charge on any atom is -0.322 e. The van der Waals surface area contributed by atoms with Gasteiger partial charge in [0, 0.05) is 11.6 Å². The molecule has 0 atom stereocenters. The van der Waals surface area contributed by atoms with E-state index in [0.717, 1.165) is 27.9 Å². The van der Waals surface area contributed by atoms with Crippen LogP contribution in [0.25, 0.3) is 16.8 Å². The van der Waals surface area contributed by atoms with Crippen molar-refractivity contribution in [1.82, 2.24) is 19.4 Å². The summed E-state index contributed by atoms with van der Waals surface area (Å²) < 4.78 is 28.9. The number of nitrogens with one attached hydrogen (secondary N) is 1. The van der Waals surface area contributed by atoms with E-state index in [1.54, 1.807) is 6.07 Å². The van der Waals surface area contributed by atoms with E-state index in [1.807, 2.05) is 31.2 Å². The van der Waals surface area contributed by atoms with Gasteiger partial charge in [-0.05, 0) is 25.1 Å². The summed E-state index contributed by atoms with van der Waals surface area (Å²) >= 11 is 0. The topological polar surface area (TPSA) is 81.3 Å². The number of hydrogen-bond donors (Lipinski definition) is 1. The Morgan fingerprint density at radius 1 is 1.10 bits per heavy atom. The molecule has 1 N–H and O–H groups in total. The monoisotopic (exact) mass is 395 g/mol. The lowest BCUT2D eigenvalue weighted by atomic mass is 10.1. The van der Waals surface area contributed by atoms with Gasteiger partial charge in [-0.15, -0.1) is 0 Å². The predicted octanol–water partition coefficient (Wildman–Crippen LogP) is 2.78. The molecule has 2 aromatic heterocycles. The summed E-state index contributed by atoms with van der Waals surface area (Å²) in [6.07, 6.45) is 1.32. The van der Waals surface area contributed by atoms with Gasteiger partial charge in [0.1, 0.15) is 30.0 Å². The standard InChI is InChI=1S/C20H15F2N5O2/c1-12-2-4-13(5-3-12)17-9-18-20(29)26(23-11-27(18)25-17)10-19(28)24-16-7-6-14(21)8-15(16)22/h2-9,11H,10H2,1H3,(H,24,28). The van der Waals surface area contributed by atoms with E-state index in [9.17, 15) is 18.4 Å². The first-order valence-corrected chi connectivity index (χ1v) is 8.68. The highest BCUT2D eigenvalue weighted by atomic mass is 19.1. The van der Waals surface area contributed by atoms with Gasteiger partial charge in [-0.2, -0.15) is 10.2 Å². The van der Waals surface area contributed by atoms with Crippen molar-refractivity contribution in [3.63, 3.8) is 0 Å². The maximum absolute atomic E-state index is 13.7. The highest BCUT2D eigenvalue weighted by molar-refractivity contribution is 5.90. The third-order valence-corrected chi connectivity index (χ3v) is 4.34. The molecule has 1 amide bonds. The zero-order valence-electron chi connectivity index (χ0n) is 15.3. The Morgan fingerprint density at radius 2 is 1.86 bits per heavy atom. The molecule has 0 saturated carbocycles. The lowest BCUT2D eigenvalue weighted by Gasteiger charge is -2.07. The molecule has 0 aliphatic rings. The Hall–Kier alpha value is -3.88. The molecule has 0 spiro atoms. The maximum atomic E-state index is 13.7. The van der Waals surface area contributed by atoms with Crippen molar-refractivity contribution in [1.29, 1.82) is 0 Å². The molecule has 2 aromatic carbocycles. The second-order valence-electron chi connectivity index (χ2n) is 6.49. The summed E-state index contributed by atoms with van der Waals surface area (Å²) in [7, 11) is 0. The summed E-state index contributed by atoms with van der Waals surface area (Å²) in [5.74, 6) is -2.34. The Bertz CT molecular complexity index is 1280. The highest BCUT2D eigenvalue weighted by Gasteiger charge is 2.14. The summed E-state index contributed by atoms with van der Waals surface area (Å²) in [5, 5.41) is 10.6. The molecule has 29 heavy (non-hydrogen) atoms. The van der Waals surface area contributed by atoms with Gasteiger partial charge in [-0.25, -0.2) is 18.0 Å². The van der Waals surface area contributed by atoms with E-state index in [2.05, 4.69) is 15.5 Å². The van der Waals surface area contributed by atoms with Crippen LogP contribution in [0.4, 0.5) is 14.5 Å². The van der Waals surface area contributed by atoms with Crippen LogP contribution in [0.15, 0.2) is 59.7 Å². The second-order valence-corrected chi connectivity index (χ2v) is 6.49. The van der Waals surface area contributed by atoms with Crippen LogP contribution in [-0.4, -0.2) is 25.3 Å². The average Bonchev–Trinajstić information content (AvgIpc) is 3.12. The van der Waals surface area contributed by atoms with E-state index in [4.69, 9.17) is 0 Å². The number of halogens is 2. The third-order valence-electron chi connectivity index (χ3n) is 4.34. The fraction of sp³-hybridized carbons (Fsp3) is 0.100. The van der Waals surface area contributed by atoms with Crippen molar-refractivity contribution >= 4 is 17.1 Å². The predicted molar refractivity (Wildman–Crippen MR) is 102 cm³/mol. The minimum absolute atomic E-state index is 0.184. The molecule has 0 radical (unpaired) electrons. The van der Waals surface area contributed by atoms with Crippen LogP contribution in [0.2, 0.25) is 0 Å². The number of amides is 1. The molecular formula is C20H15F2N5O2. The molecular weight excluding hydrogens is 380 g/mol. The molecule has 0 bridgehead atoms. The van der Waals surface area contributed by atoms with Gasteiger partial charge in [-0.1, -0.05) is 29.8 Å². The number of hydrogen-bond acceptors (Lipinski definition) is 4. The lowest BCUT2D eigenvalue weighted by molar-refractivity contribution is -0.117. The minimum atomic E-state index is -0.910. The first kappa shape index (κ1) is 18.5. The van der Waals surface area contributed by atoms with Crippen LogP contribution < -0.4 is 10.9 Å². The number of carbonyl (C=O) groups is 1. The van der Waals surface area contributed by atoms with Crippen molar-refractivity contribution in [2.45, 2.75) is 13.5 Å². The summed E-state index contributed by atoms with van der Waals surface area (Å²) in [4.78, 5) is 24.8. The number of aryl methyl sites for hydroxylation is 1. The Balaban J connectivity index is 1.59. The number of anilines is 1. The number of nitrogens with zero attached hydrogens (tertiary/aromatic N) is 4. The van der Waals surface area contributed by atoms with Gasteiger partial charge in [0.25, 0.3) is 5.56 Å². The van der Waals surface area contributed by atoms with Crippen molar-refractivity contribution in [3.05, 3.63) is 82.4 Å². The maximum Gasteiger partial charge on any atom is 0.293 e. The number of aromatic nitrogens is 4. The Morgan fingerprint density at radius 3 is 2.59 bits per heavy atom. The molecule has 0 aliphatic carbocycles. The average molecular weight is 395 g/mol. The van der Waals surface area contributed by atoms with Crippen LogP contribution in [-0.2, 0) is 11.3 Å². The number of fused-ring (bicyclic) bond motifs is 1. The molecule has 0 aliphatic heterocycles. The molecule has 146 valence electrons. The van der Waals surface area contributed by atoms with Gasteiger partial charge in [0.15, 0.2) is 0 Å². The Labute approximate surface area is 163 Å². The molecule has 7 nitrogen and oxygen atoms in total. The third kappa shape index (κ3) is 3.75. The first-order chi connectivity index (χ1) is 13.9. The SMILES string of the molecule is Cc1ccc(-c2cc3c(=O)n(CC(=O)Nc4ccc(F)cc4F)ncn3n2)cc1. The van der Waals surface area contributed by atoms with E-state index < -0.39 is 29.6 Å². The van der Waals surface area contributed by atoms with E-state index in [-0.39, 0.29) is 11.2 Å². The van der Waals surface area contributed by atoms with E-state index in [1.165, 1.54) is 10.8 Å². The highest BCUT2D eigenvalue weighted by Crippen LogP contribution is 2.19. The number of rotatable bonds is 4. The number of benzene rings is 2. The van der Waals surface area contributed by atoms with Gasteiger partial charge < -0.3 is 5.32 Å². The van der Waals surface area contributed by atoms with Crippen molar-refractivity contribution in [2.24, 2.45) is 0 Å². The van der Waals surface area contributed by atoms with Crippen molar-refractivity contribution in [3.8, 4) is 11.3 Å². The zero-order valence-corrected chi connectivity index (χ0v) is 15.3. The summed E-state index contributed by atoms with van der Waals surface area (Å²) in [6, 6.07) is 12.1. The molecule has 0 saturated heterocycles. The van der Waals surface area contributed by atoms with Crippen LogP contribution >= 0.6 is 0 Å². The van der Waals surface area contributed by atoms with Crippen LogP contribution in [0.1, 0.15) is 5.56 Å². The molecule has 9 heteroatoms. The van der Waals surface area contributed by atoms with Gasteiger partial charge >= 0.3 is 0 Å². The van der Waals surface area contributed by atoms with Crippen LogP contribution in [0.3, 0.4) is 0 Å². The lowest BCUT2D eigenvalue weighted by Crippen LogP contribution is -2.30. The first-order valence-electron chi connectivity index (χ1n) is 8.68. The van der Waals surface area contributed by atoms with Gasteiger partial charge in [-0.3, -0.25) is 9.59 Å². The largest absolute Gasteiger partial charge is 0.322 e. The number of carbonyl (C=O) groups excluding carboxylic acids is 1. The summed E-state index contributed by atoms with van der Waals surface area (Å²) in [6.45, 7) is 1.54. The molecule has 0 fully saturated rings. The van der Waals surface area contributed by atoms with E-state index >= 15 is 0 Å². The van der Waals surface area contributed by atoms with Crippen LogP contribution in [0.5, 0.6) is 0 Å². The molecule has 4 aromatic rings. The van der Waals surface area contributed by atoms with Gasteiger partial charge in [0.2, 0.25) is 5.91 Å².